The number of pyridine rings is 1. The second-order valence-electron chi connectivity index (χ2n) is 5.48. The Morgan fingerprint density at radius 2 is 2.10 bits per heavy atom. The van der Waals surface area contributed by atoms with Crippen LogP contribution in [-0.4, -0.2) is 34.9 Å². The molecule has 0 aromatic carbocycles. The molecule has 3 unspecified atom stereocenters. The molecule has 114 valence electrons. The van der Waals surface area contributed by atoms with Crippen LogP contribution in [0.5, 0.6) is 5.88 Å². The summed E-state index contributed by atoms with van der Waals surface area (Å²) in [4.78, 5) is 9.23. The number of imidazole rings is 1. The third-order valence-electron chi connectivity index (χ3n) is 4.16. The van der Waals surface area contributed by atoms with Crippen LogP contribution in [0.2, 0.25) is 0 Å². The van der Waals surface area contributed by atoms with Gasteiger partial charge in [-0.3, -0.25) is 0 Å². The summed E-state index contributed by atoms with van der Waals surface area (Å²) in [6, 6.07) is 4.09. The Bertz CT molecular complexity index is 641. The second-order valence-corrected chi connectivity index (χ2v) is 6.13. The molecule has 0 aliphatic heterocycles. The predicted octanol–water partition coefficient (Wildman–Crippen LogP) is 3.48. The fraction of sp³-hybridized carbons (Fsp3) is 0.600. The van der Waals surface area contributed by atoms with Gasteiger partial charge in [-0.2, -0.15) is 4.98 Å². The predicted molar refractivity (Wildman–Crippen MR) is 82.0 cm³/mol. The van der Waals surface area contributed by atoms with Gasteiger partial charge >= 0.3 is 0 Å². The number of rotatable bonds is 4. The zero-order valence-corrected chi connectivity index (χ0v) is 13.3. The van der Waals surface area contributed by atoms with Crippen LogP contribution in [0.3, 0.4) is 0 Å². The van der Waals surface area contributed by atoms with Gasteiger partial charge in [-0.1, -0.05) is 0 Å². The summed E-state index contributed by atoms with van der Waals surface area (Å²) >= 11 is 6.33. The molecule has 1 aliphatic rings. The van der Waals surface area contributed by atoms with Crippen LogP contribution in [0.25, 0.3) is 11.2 Å². The first kappa shape index (κ1) is 14.6. The highest BCUT2D eigenvalue weighted by Crippen LogP contribution is 2.37. The number of methoxy groups -OCH3 is 2. The van der Waals surface area contributed by atoms with Crippen LogP contribution < -0.4 is 4.74 Å². The Morgan fingerprint density at radius 1 is 1.29 bits per heavy atom. The Kier molecular flexibility index (Phi) is 4.04. The minimum absolute atomic E-state index is 0.160. The van der Waals surface area contributed by atoms with E-state index in [-0.39, 0.29) is 5.38 Å². The first-order chi connectivity index (χ1) is 10.1. The molecule has 0 spiro atoms. The van der Waals surface area contributed by atoms with Gasteiger partial charge in [0.15, 0.2) is 5.65 Å². The molecule has 0 saturated heterocycles. The quantitative estimate of drug-likeness (QED) is 0.811. The van der Waals surface area contributed by atoms with Crippen LogP contribution >= 0.6 is 11.6 Å². The van der Waals surface area contributed by atoms with E-state index >= 15 is 0 Å². The first-order valence-corrected chi connectivity index (χ1v) is 7.67. The molecule has 3 rings (SSSR count). The normalized spacial score (nSPS) is 23.6. The van der Waals surface area contributed by atoms with E-state index in [0.29, 0.717) is 18.0 Å². The number of hydrogen-bond donors (Lipinski definition) is 0. The molecule has 1 saturated carbocycles. The van der Waals surface area contributed by atoms with Crippen LogP contribution in [0.1, 0.15) is 43.4 Å². The van der Waals surface area contributed by atoms with E-state index in [1.54, 1.807) is 14.2 Å². The summed E-state index contributed by atoms with van der Waals surface area (Å²) in [6.45, 7) is 1.94. The van der Waals surface area contributed by atoms with Gasteiger partial charge in [0.05, 0.1) is 18.6 Å². The summed E-state index contributed by atoms with van der Waals surface area (Å²) in [6.07, 6.45) is 3.38. The maximum absolute atomic E-state index is 6.33. The van der Waals surface area contributed by atoms with E-state index in [4.69, 9.17) is 21.1 Å². The molecule has 0 amide bonds. The zero-order chi connectivity index (χ0) is 15.0. The molecule has 0 bridgehead atoms. The largest absolute Gasteiger partial charge is 0.481 e. The molecule has 1 fully saturated rings. The van der Waals surface area contributed by atoms with E-state index < -0.39 is 0 Å². The van der Waals surface area contributed by atoms with E-state index in [0.717, 1.165) is 36.3 Å². The smallest absolute Gasteiger partial charge is 0.215 e. The molecular weight excluding hydrogens is 290 g/mol. The maximum atomic E-state index is 6.33. The number of hydrogen-bond acceptors (Lipinski definition) is 4. The second kappa shape index (κ2) is 5.81. The van der Waals surface area contributed by atoms with Crippen molar-refractivity contribution in [2.45, 2.75) is 43.7 Å². The highest BCUT2D eigenvalue weighted by Gasteiger charge is 2.30. The topological polar surface area (TPSA) is 49.2 Å². The number of alkyl halides is 1. The zero-order valence-electron chi connectivity index (χ0n) is 12.5. The Balaban J connectivity index is 2.11. The molecule has 3 atom stereocenters. The maximum Gasteiger partial charge on any atom is 0.215 e. The monoisotopic (exact) mass is 309 g/mol. The number of ether oxygens (including phenoxy) is 2. The number of fused-ring (bicyclic) bond motifs is 1. The molecule has 0 N–H and O–H groups in total. The van der Waals surface area contributed by atoms with Gasteiger partial charge in [0.25, 0.3) is 0 Å². The number of aromatic nitrogens is 3. The van der Waals surface area contributed by atoms with Crippen LogP contribution in [-0.2, 0) is 4.74 Å². The van der Waals surface area contributed by atoms with Crippen molar-refractivity contribution in [1.82, 2.24) is 14.5 Å². The van der Waals surface area contributed by atoms with Crippen molar-refractivity contribution in [3.8, 4) is 5.88 Å². The molecule has 0 radical (unpaired) electrons. The minimum Gasteiger partial charge on any atom is -0.481 e. The summed E-state index contributed by atoms with van der Waals surface area (Å²) in [5, 5.41) is -0.160. The van der Waals surface area contributed by atoms with Gasteiger partial charge in [0.1, 0.15) is 11.3 Å². The van der Waals surface area contributed by atoms with Gasteiger partial charge < -0.3 is 14.0 Å². The van der Waals surface area contributed by atoms with Crippen molar-refractivity contribution in [1.29, 1.82) is 0 Å². The van der Waals surface area contributed by atoms with E-state index in [9.17, 15) is 0 Å². The Labute approximate surface area is 129 Å². The first-order valence-electron chi connectivity index (χ1n) is 7.23. The third-order valence-corrected chi connectivity index (χ3v) is 4.35. The lowest BCUT2D eigenvalue weighted by molar-refractivity contribution is 0.106. The van der Waals surface area contributed by atoms with E-state index in [1.807, 2.05) is 19.1 Å². The van der Waals surface area contributed by atoms with Crippen molar-refractivity contribution in [2.24, 2.45) is 0 Å². The number of halogens is 1. The standard InChI is InChI=1S/C15H20ClN3O2/c1-9(16)14-17-12-6-7-13(21-3)18-15(12)19(14)10-4-5-11(8-10)20-2/h6-7,9-11H,4-5,8H2,1-3H3. The lowest BCUT2D eigenvalue weighted by Crippen LogP contribution is -2.13. The van der Waals surface area contributed by atoms with Gasteiger partial charge in [-0.15, -0.1) is 11.6 Å². The average molecular weight is 310 g/mol. The lowest BCUT2D eigenvalue weighted by Gasteiger charge is -2.17. The van der Waals surface area contributed by atoms with E-state index in [1.165, 1.54) is 0 Å². The summed E-state index contributed by atoms with van der Waals surface area (Å²) < 4.78 is 12.9. The molecule has 21 heavy (non-hydrogen) atoms. The lowest BCUT2D eigenvalue weighted by atomic mass is 10.2. The third kappa shape index (κ3) is 2.60. The highest BCUT2D eigenvalue weighted by atomic mass is 35.5. The van der Waals surface area contributed by atoms with Crippen molar-refractivity contribution in [3.63, 3.8) is 0 Å². The summed E-state index contributed by atoms with van der Waals surface area (Å²) in [5.74, 6) is 1.47. The highest BCUT2D eigenvalue weighted by molar-refractivity contribution is 6.20. The van der Waals surface area contributed by atoms with Gasteiger partial charge in [-0.25, -0.2) is 4.98 Å². The molecule has 5 nitrogen and oxygen atoms in total. The average Bonchev–Trinajstić information content (AvgIpc) is 3.09. The van der Waals surface area contributed by atoms with E-state index in [2.05, 4.69) is 14.5 Å². The van der Waals surface area contributed by atoms with Crippen molar-refractivity contribution in [3.05, 3.63) is 18.0 Å². The fourth-order valence-corrected chi connectivity index (χ4v) is 3.25. The van der Waals surface area contributed by atoms with Gasteiger partial charge in [0, 0.05) is 19.2 Å². The van der Waals surface area contributed by atoms with Crippen LogP contribution in [0.15, 0.2) is 12.1 Å². The molecule has 6 heteroatoms. The molecule has 2 aromatic rings. The molecule has 1 aliphatic carbocycles. The van der Waals surface area contributed by atoms with Gasteiger partial charge in [0.2, 0.25) is 5.88 Å². The summed E-state index contributed by atoms with van der Waals surface area (Å²) in [7, 11) is 3.39. The minimum atomic E-state index is -0.160. The van der Waals surface area contributed by atoms with Crippen LogP contribution in [0, 0.1) is 0 Å². The molecule has 2 aromatic heterocycles. The van der Waals surface area contributed by atoms with Gasteiger partial charge in [-0.05, 0) is 32.3 Å². The Hall–Kier alpha value is -1.33. The van der Waals surface area contributed by atoms with Crippen molar-refractivity contribution in [2.75, 3.05) is 14.2 Å². The number of nitrogens with zero attached hydrogens (tertiary/aromatic N) is 3. The summed E-state index contributed by atoms with van der Waals surface area (Å²) in [5.41, 5.74) is 1.71. The Morgan fingerprint density at radius 3 is 2.71 bits per heavy atom. The fourth-order valence-electron chi connectivity index (χ4n) is 3.09. The SMILES string of the molecule is COc1ccc2nc(C(C)Cl)n(C3CCC(OC)C3)c2n1. The van der Waals surface area contributed by atoms with Crippen molar-refractivity contribution >= 4 is 22.8 Å². The molecular formula is C15H20ClN3O2. The molecule has 2 heterocycles. The van der Waals surface area contributed by atoms with Crippen LogP contribution in [0.4, 0.5) is 0 Å². The van der Waals surface area contributed by atoms with Crippen molar-refractivity contribution < 1.29 is 9.47 Å².